The van der Waals surface area contributed by atoms with Gasteiger partial charge in [-0.2, -0.15) is 13.4 Å². The molecule has 0 atom stereocenters. The summed E-state index contributed by atoms with van der Waals surface area (Å²) in [6.07, 6.45) is 2.88. The van der Waals surface area contributed by atoms with Crippen molar-refractivity contribution in [2.24, 2.45) is 16.5 Å². The SMILES string of the molecule is CS(=O)(=O)O.NC(N)=NC(=O)C1=Cc2ccc(Cl)cc2OCC1. The fraction of sp³-hybridized carbons (Fsp3) is 0.231. The van der Waals surface area contributed by atoms with E-state index >= 15 is 0 Å². The molecule has 23 heavy (non-hydrogen) atoms. The molecule has 0 spiro atoms. The molecular weight excluding hydrogens is 346 g/mol. The number of rotatable bonds is 1. The first kappa shape index (κ1) is 18.9. The Hall–Kier alpha value is -2.10. The van der Waals surface area contributed by atoms with Gasteiger partial charge in [0, 0.05) is 22.6 Å². The summed E-state index contributed by atoms with van der Waals surface area (Å²) in [6.45, 7) is 0.380. The molecule has 0 radical (unpaired) electrons. The van der Waals surface area contributed by atoms with E-state index in [1.807, 2.05) is 0 Å². The van der Waals surface area contributed by atoms with Crippen LogP contribution in [0.15, 0.2) is 28.8 Å². The molecule has 1 amide bonds. The van der Waals surface area contributed by atoms with E-state index in [9.17, 15) is 13.2 Å². The number of halogens is 1. The van der Waals surface area contributed by atoms with E-state index in [1.54, 1.807) is 24.3 Å². The second-order valence-corrected chi connectivity index (χ2v) is 6.43. The second-order valence-electron chi connectivity index (χ2n) is 4.53. The minimum atomic E-state index is -3.67. The topological polar surface area (TPSA) is 145 Å². The Balaban J connectivity index is 0.000000463. The molecule has 0 saturated heterocycles. The summed E-state index contributed by atoms with van der Waals surface area (Å²) in [4.78, 5) is 15.3. The molecular formula is C13H16ClN3O5S. The van der Waals surface area contributed by atoms with Crippen molar-refractivity contribution >= 4 is 39.7 Å². The zero-order valence-electron chi connectivity index (χ0n) is 12.2. The lowest BCUT2D eigenvalue weighted by atomic mass is 10.1. The van der Waals surface area contributed by atoms with Crippen LogP contribution in [0.3, 0.4) is 0 Å². The van der Waals surface area contributed by atoms with Crippen molar-refractivity contribution in [2.75, 3.05) is 12.9 Å². The molecule has 5 N–H and O–H groups in total. The highest BCUT2D eigenvalue weighted by Gasteiger charge is 2.15. The largest absolute Gasteiger partial charge is 0.493 e. The number of nitrogens with zero attached hydrogens (tertiary/aromatic N) is 1. The van der Waals surface area contributed by atoms with Crippen LogP contribution < -0.4 is 16.2 Å². The summed E-state index contributed by atoms with van der Waals surface area (Å²) >= 11 is 5.88. The van der Waals surface area contributed by atoms with Crippen LogP contribution in [0.25, 0.3) is 6.08 Å². The molecule has 0 bridgehead atoms. The van der Waals surface area contributed by atoms with Crippen molar-refractivity contribution in [3.05, 3.63) is 34.4 Å². The molecule has 0 aromatic heterocycles. The van der Waals surface area contributed by atoms with Crippen LogP contribution in [0.4, 0.5) is 0 Å². The molecule has 0 fully saturated rings. The van der Waals surface area contributed by atoms with E-state index in [1.165, 1.54) is 0 Å². The number of carbonyl (C=O) groups is 1. The summed E-state index contributed by atoms with van der Waals surface area (Å²) in [5, 5.41) is 0.584. The first-order valence-electron chi connectivity index (χ1n) is 6.25. The van der Waals surface area contributed by atoms with Gasteiger partial charge in [-0.1, -0.05) is 11.6 Å². The summed E-state index contributed by atoms with van der Waals surface area (Å²) in [7, 11) is -3.67. The number of hydrogen-bond acceptors (Lipinski definition) is 4. The van der Waals surface area contributed by atoms with Crippen molar-refractivity contribution in [3.63, 3.8) is 0 Å². The Kier molecular flexibility index (Phi) is 6.55. The van der Waals surface area contributed by atoms with E-state index in [0.29, 0.717) is 35.6 Å². The molecule has 1 aromatic carbocycles. The summed E-state index contributed by atoms with van der Waals surface area (Å²) in [5.41, 5.74) is 11.7. The maximum Gasteiger partial charge on any atom is 0.276 e. The van der Waals surface area contributed by atoms with Gasteiger partial charge in [-0.15, -0.1) is 0 Å². The van der Waals surface area contributed by atoms with E-state index in [4.69, 9.17) is 32.4 Å². The zero-order valence-corrected chi connectivity index (χ0v) is 13.8. The lowest BCUT2D eigenvalue weighted by Crippen LogP contribution is -2.24. The fourth-order valence-corrected chi connectivity index (χ4v) is 1.80. The molecule has 0 unspecified atom stereocenters. The number of fused-ring (bicyclic) bond motifs is 1. The summed E-state index contributed by atoms with van der Waals surface area (Å²) in [6, 6.07) is 5.22. The van der Waals surface area contributed by atoms with Crippen molar-refractivity contribution < 1.29 is 22.5 Å². The van der Waals surface area contributed by atoms with Crippen LogP contribution >= 0.6 is 11.6 Å². The van der Waals surface area contributed by atoms with Crippen molar-refractivity contribution in [2.45, 2.75) is 6.42 Å². The van der Waals surface area contributed by atoms with Gasteiger partial charge in [-0.3, -0.25) is 9.35 Å². The average Bonchev–Trinajstić information content (AvgIpc) is 2.57. The van der Waals surface area contributed by atoms with E-state index < -0.39 is 16.0 Å². The number of hydrogen-bond donors (Lipinski definition) is 3. The Morgan fingerprint density at radius 1 is 1.39 bits per heavy atom. The Morgan fingerprint density at radius 3 is 2.57 bits per heavy atom. The van der Waals surface area contributed by atoms with Crippen LogP contribution in [0, 0.1) is 0 Å². The van der Waals surface area contributed by atoms with Crippen molar-refractivity contribution in [1.82, 2.24) is 0 Å². The Bertz CT molecular complexity index is 747. The molecule has 8 nitrogen and oxygen atoms in total. The number of carbonyl (C=O) groups excluding carboxylic acids is 1. The fourth-order valence-electron chi connectivity index (χ4n) is 1.64. The van der Waals surface area contributed by atoms with Gasteiger partial charge < -0.3 is 16.2 Å². The van der Waals surface area contributed by atoms with Gasteiger partial charge in [-0.05, 0) is 24.3 Å². The van der Waals surface area contributed by atoms with Gasteiger partial charge in [-0.25, -0.2) is 0 Å². The van der Waals surface area contributed by atoms with Gasteiger partial charge >= 0.3 is 0 Å². The predicted octanol–water partition coefficient (Wildman–Crippen LogP) is 0.810. The smallest absolute Gasteiger partial charge is 0.276 e. The predicted molar refractivity (Wildman–Crippen MR) is 87.8 cm³/mol. The zero-order chi connectivity index (χ0) is 17.6. The van der Waals surface area contributed by atoms with Crippen molar-refractivity contribution in [1.29, 1.82) is 0 Å². The van der Waals surface area contributed by atoms with Crippen LogP contribution in [-0.2, 0) is 14.9 Å². The maximum absolute atomic E-state index is 11.7. The minimum Gasteiger partial charge on any atom is -0.493 e. The third-order valence-electron chi connectivity index (χ3n) is 2.44. The number of aliphatic imine (C=N–C) groups is 1. The average molecular weight is 362 g/mol. The number of ether oxygens (including phenoxy) is 1. The molecule has 126 valence electrons. The van der Waals surface area contributed by atoms with Crippen molar-refractivity contribution in [3.8, 4) is 5.75 Å². The second kappa shape index (κ2) is 7.95. The third kappa shape index (κ3) is 7.63. The van der Waals surface area contributed by atoms with Gasteiger partial charge in [0.1, 0.15) is 5.75 Å². The molecule has 1 aliphatic heterocycles. The maximum atomic E-state index is 11.7. The third-order valence-corrected chi connectivity index (χ3v) is 2.67. The van der Waals surface area contributed by atoms with Gasteiger partial charge in [0.2, 0.25) is 0 Å². The van der Waals surface area contributed by atoms with Crippen LogP contribution in [-0.4, -0.2) is 37.7 Å². The summed E-state index contributed by atoms with van der Waals surface area (Å²) < 4.78 is 31.4. The van der Waals surface area contributed by atoms with Crippen LogP contribution in [0.1, 0.15) is 12.0 Å². The Labute approximate surface area is 138 Å². The van der Waals surface area contributed by atoms with Gasteiger partial charge in [0.15, 0.2) is 5.96 Å². The molecule has 0 saturated carbocycles. The van der Waals surface area contributed by atoms with E-state index in [-0.39, 0.29) is 5.96 Å². The monoisotopic (exact) mass is 361 g/mol. The molecule has 10 heteroatoms. The number of nitrogens with two attached hydrogens (primary N) is 2. The summed E-state index contributed by atoms with van der Waals surface area (Å²) in [5.74, 6) is -0.0428. The van der Waals surface area contributed by atoms with Gasteiger partial charge in [0.05, 0.1) is 12.9 Å². The lowest BCUT2D eigenvalue weighted by molar-refractivity contribution is -0.114. The van der Waals surface area contributed by atoms with E-state index in [2.05, 4.69) is 4.99 Å². The first-order chi connectivity index (χ1) is 10.6. The first-order valence-corrected chi connectivity index (χ1v) is 8.48. The molecule has 1 aromatic rings. The highest BCUT2D eigenvalue weighted by molar-refractivity contribution is 7.85. The lowest BCUT2D eigenvalue weighted by Gasteiger charge is -2.05. The van der Waals surface area contributed by atoms with Crippen LogP contribution in [0.2, 0.25) is 5.02 Å². The Morgan fingerprint density at radius 2 is 2.00 bits per heavy atom. The number of guanidine groups is 1. The highest BCUT2D eigenvalue weighted by atomic mass is 35.5. The molecule has 2 rings (SSSR count). The molecule has 1 heterocycles. The number of amides is 1. The quantitative estimate of drug-likeness (QED) is 0.381. The normalized spacial score (nSPS) is 13.3. The molecule has 1 aliphatic rings. The van der Waals surface area contributed by atoms with Gasteiger partial charge in [0.25, 0.3) is 16.0 Å². The highest BCUT2D eigenvalue weighted by Crippen LogP contribution is 2.29. The minimum absolute atomic E-state index is 0.248. The number of benzene rings is 1. The molecule has 0 aliphatic carbocycles. The van der Waals surface area contributed by atoms with E-state index in [0.717, 1.165) is 5.56 Å². The van der Waals surface area contributed by atoms with Crippen LogP contribution in [0.5, 0.6) is 5.75 Å². The standard InChI is InChI=1S/C12H12ClN3O2.CH4O3S/c13-9-2-1-7-5-8(11(17)16-12(14)15)3-4-18-10(7)6-9;1-5(2,3)4/h1-2,5-6H,3-4H2,(H4,14,15,16,17);1H3,(H,2,3,4).